The molecular formula is C17H22ClNO. The van der Waals surface area contributed by atoms with Gasteiger partial charge in [-0.1, -0.05) is 38.3 Å². The van der Waals surface area contributed by atoms with E-state index in [0.717, 1.165) is 35.6 Å². The smallest absolute Gasteiger partial charge is 0.139 e. The zero-order valence-corrected chi connectivity index (χ0v) is 13.0. The molecule has 1 saturated carbocycles. The van der Waals surface area contributed by atoms with Crippen molar-refractivity contribution in [3.8, 4) is 5.75 Å². The molecule has 0 amide bonds. The highest BCUT2D eigenvalue weighted by Crippen LogP contribution is 2.34. The van der Waals surface area contributed by atoms with Gasteiger partial charge < -0.3 is 9.72 Å². The summed E-state index contributed by atoms with van der Waals surface area (Å²) in [5, 5.41) is 1.86. The lowest BCUT2D eigenvalue weighted by Crippen LogP contribution is -1.98. The second-order valence-corrected chi connectivity index (χ2v) is 6.59. The number of hydrogen-bond donors (Lipinski definition) is 1. The molecule has 0 bridgehead atoms. The van der Waals surface area contributed by atoms with Crippen LogP contribution in [-0.4, -0.2) is 11.6 Å². The Hall–Kier alpha value is -1.15. The summed E-state index contributed by atoms with van der Waals surface area (Å²) in [6.07, 6.45) is 5.24. The van der Waals surface area contributed by atoms with Gasteiger partial charge in [0.2, 0.25) is 0 Å². The van der Waals surface area contributed by atoms with Gasteiger partial charge in [0.15, 0.2) is 0 Å². The van der Waals surface area contributed by atoms with Crippen LogP contribution in [0.5, 0.6) is 5.75 Å². The highest BCUT2D eigenvalue weighted by atomic mass is 35.5. The number of aromatic nitrogens is 1. The van der Waals surface area contributed by atoms with Crippen molar-refractivity contribution in [2.45, 2.75) is 45.4 Å². The van der Waals surface area contributed by atoms with Crippen molar-refractivity contribution in [1.29, 1.82) is 0 Å². The number of aromatic amines is 1. The van der Waals surface area contributed by atoms with Gasteiger partial charge in [-0.2, -0.15) is 0 Å². The fourth-order valence-corrected chi connectivity index (χ4v) is 2.76. The third kappa shape index (κ3) is 3.12. The van der Waals surface area contributed by atoms with E-state index in [0.29, 0.717) is 10.9 Å². The van der Waals surface area contributed by atoms with E-state index in [1.54, 1.807) is 0 Å². The van der Waals surface area contributed by atoms with Crippen molar-refractivity contribution in [2.75, 3.05) is 6.61 Å². The largest absolute Gasteiger partial charge is 0.492 e. The van der Waals surface area contributed by atoms with Crippen LogP contribution < -0.4 is 4.74 Å². The molecule has 0 saturated heterocycles. The molecule has 1 N–H and O–H groups in total. The Morgan fingerprint density at radius 1 is 1.30 bits per heavy atom. The number of nitrogens with one attached hydrogen (secondary N) is 1. The monoisotopic (exact) mass is 291 g/mol. The normalized spacial score (nSPS) is 15.2. The molecule has 1 aromatic carbocycles. The molecule has 3 heteroatoms. The first kappa shape index (κ1) is 13.8. The number of ether oxygens (including phenoxy) is 1. The highest BCUT2D eigenvalue weighted by Gasteiger charge is 2.20. The molecule has 0 radical (unpaired) electrons. The second kappa shape index (κ2) is 5.69. The fourth-order valence-electron chi connectivity index (χ4n) is 2.54. The molecule has 3 rings (SSSR count). The number of fused-ring (bicyclic) bond motifs is 1. The van der Waals surface area contributed by atoms with Crippen molar-refractivity contribution in [3.63, 3.8) is 0 Å². The van der Waals surface area contributed by atoms with E-state index < -0.39 is 0 Å². The Labute approximate surface area is 125 Å². The summed E-state index contributed by atoms with van der Waals surface area (Å²) in [5.41, 5.74) is 2.34. The summed E-state index contributed by atoms with van der Waals surface area (Å²) in [6, 6.07) is 6.19. The maximum atomic E-state index is 6.31. The minimum atomic E-state index is 0.490. The van der Waals surface area contributed by atoms with Crippen LogP contribution in [0.15, 0.2) is 18.2 Å². The predicted octanol–water partition coefficient (Wildman–Crippen LogP) is 5.51. The van der Waals surface area contributed by atoms with Crippen LogP contribution in [0.1, 0.15) is 51.1 Å². The van der Waals surface area contributed by atoms with E-state index >= 15 is 0 Å². The Kier molecular flexibility index (Phi) is 3.93. The highest BCUT2D eigenvalue weighted by molar-refractivity contribution is 6.32. The molecule has 108 valence electrons. The van der Waals surface area contributed by atoms with E-state index in [2.05, 4.69) is 24.9 Å². The molecule has 1 aliphatic carbocycles. The zero-order chi connectivity index (χ0) is 14.1. The second-order valence-electron chi connectivity index (χ2n) is 6.18. The van der Waals surface area contributed by atoms with Gasteiger partial charge in [-0.15, -0.1) is 0 Å². The SMILES string of the molecule is CC(C)c1cc2cc(Cl)c(OCCCC3CC3)cc2[nH]1. The van der Waals surface area contributed by atoms with Crippen molar-refractivity contribution in [1.82, 2.24) is 4.98 Å². The molecule has 1 aromatic heterocycles. The molecule has 0 atom stereocenters. The number of H-pyrrole nitrogens is 1. The average Bonchev–Trinajstić information content (AvgIpc) is 3.13. The molecule has 1 heterocycles. The van der Waals surface area contributed by atoms with Crippen LogP contribution in [-0.2, 0) is 0 Å². The van der Waals surface area contributed by atoms with Crippen LogP contribution in [0.25, 0.3) is 10.9 Å². The summed E-state index contributed by atoms with van der Waals surface area (Å²) in [5.74, 6) is 2.25. The van der Waals surface area contributed by atoms with Gasteiger partial charge in [-0.25, -0.2) is 0 Å². The molecule has 0 aliphatic heterocycles. The van der Waals surface area contributed by atoms with Gasteiger partial charge in [-0.05, 0) is 36.8 Å². The summed E-state index contributed by atoms with van der Waals surface area (Å²) in [4.78, 5) is 3.44. The van der Waals surface area contributed by atoms with E-state index in [1.807, 2.05) is 12.1 Å². The molecule has 1 fully saturated rings. The Balaban J connectivity index is 1.70. The number of hydrogen-bond acceptors (Lipinski definition) is 1. The molecule has 2 aromatic rings. The van der Waals surface area contributed by atoms with E-state index in [-0.39, 0.29) is 0 Å². The molecular weight excluding hydrogens is 270 g/mol. The number of rotatable bonds is 6. The van der Waals surface area contributed by atoms with Gasteiger partial charge in [-0.3, -0.25) is 0 Å². The van der Waals surface area contributed by atoms with Crippen LogP contribution in [0, 0.1) is 5.92 Å². The van der Waals surface area contributed by atoms with Gasteiger partial charge in [0, 0.05) is 22.7 Å². The third-order valence-corrected chi connectivity index (χ3v) is 4.32. The van der Waals surface area contributed by atoms with Gasteiger partial charge in [0.1, 0.15) is 5.75 Å². The average molecular weight is 292 g/mol. The number of halogens is 1. The van der Waals surface area contributed by atoms with Crippen LogP contribution >= 0.6 is 11.6 Å². The van der Waals surface area contributed by atoms with E-state index in [4.69, 9.17) is 16.3 Å². The van der Waals surface area contributed by atoms with Crippen molar-refractivity contribution < 1.29 is 4.74 Å². The molecule has 0 unspecified atom stereocenters. The first-order valence-electron chi connectivity index (χ1n) is 7.58. The standard InChI is InChI=1S/C17H22ClNO/c1-11(2)15-9-13-8-14(18)17(10-16(13)19-15)20-7-3-4-12-5-6-12/h8-12,19H,3-7H2,1-2H3. The minimum Gasteiger partial charge on any atom is -0.492 e. The molecule has 20 heavy (non-hydrogen) atoms. The predicted molar refractivity (Wildman–Crippen MR) is 84.9 cm³/mol. The Morgan fingerprint density at radius 2 is 2.10 bits per heavy atom. The summed E-state index contributed by atoms with van der Waals surface area (Å²) >= 11 is 6.31. The maximum Gasteiger partial charge on any atom is 0.139 e. The fraction of sp³-hybridized carbons (Fsp3) is 0.529. The first-order valence-corrected chi connectivity index (χ1v) is 7.96. The topological polar surface area (TPSA) is 25.0 Å². The lowest BCUT2D eigenvalue weighted by molar-refractivity contribution is 0.304. The van der Waals surface area contributed by atoms with Gasteiger partial charge in [0.05, 0.1) is 11.6 Å². The summed E-state index contributed by atoms with van der Waals surface area (Å²) < 4.78 is 5.84. The van der Waals surface area contributed by atoms with Crippen molar-refractivity contribution >= 4 is 22.5 Å². The zero-order valence-electron chi connectivity index (χ0n) is 12.2. The number of benzene rings is 1. The molecule has 2 nitrogen and oxygen atoms in total. The molecule has 0 spiro atoms. The molecule has 1 aliphatic rings. The lowest BCUT2D eigenvalue weighted by Gasteiger charge is -2.08. The van der Waals surface area contributed by atoms with E-state index in [9.17, 15) is 0 Å². The Bertz CT molecular complexity index is 598. The lowest BCUT2D eigenvalue weighted by atomic mass is 10.1. The quantitative estimate of drug-likeness (QED) is 0.697. The van der Waals surface area contributed by atoms with Crippen LogP contribution in [0.3, 0.4) is 0 Å². The van der Waals surface area contributed by atoms with E-state index in [1.165, 1.54) is 25.0 Å². The van der Waals surface area contributed by atoms with Crippen LogP contribution in [0.4, 0.5) is 0 Å². The van der Waals surface area contributed by atoms with Crippen LogP contribution in [0.2, 0.25) is 5.02 Å². The summed E-state index contributed by atoms with van der Waals surface area (Å²) in [6.45, 7) is 5.13. The van der Waals surface area contributed by atoms with Gasteiger partial charge >= 0.3 is 0 Å². The van der Waals surface area contributed by atoms with Gasteiger partial charge in [0.25, 0.3) is 0 Å². The maximum absolute atomic E-state index is 6.31. The summed E-state index contributed by atoms with van der Waals surface area (Å²) in [7, 11) is 0. The minimum absolute atomic E-state index is 0.490. The van der Waals surface area contributed by atoms with Crippen molar-refractivity contribution in [2.24, 2.45) is 5.92 Å². The Morgan fingerprint density at radius 3 is 2.80 bits per heavy atom. The van der Waals surface area contributed by atoms with Crippen molar-refractivity contribution in [3.05, 3.63) is 28.9 Å². The third-order valence-electron chi connectivity index (χ3n) is 4.03. The first-order chi connectivity index (χ1) is 9.63.